The van der Waals surface area contributed by atoms with Gasteiger partial charge in [0.2, 0.25) is 6.41 Å². The van der Waals surface area contributed by atoms with E-state index in [2.05, 4.69) is 5.32 Å². The zero-order valence-corrected chi connectivity index (χ0v) is 9.39. The highest BCUT2D eigenvalue weighted by molar-refractivity contribution is 5.96. The summed E-state index contributed by atoms with van der Waals surface area (Å²) in [4.78, 5) is 21.4. The molecule has 0 aromatic heterocycles. The third-order valence-electron chi connectivity index (χ3n) is 1.46. The Balaban J connectivity index is 4.66. The van der Waals surface area contributed by atoms with E-state index in [1.807, 2.05) is 0 Å². The number of nitrogens with one attached hydrogen (secondary N) is 2. The fourth-order valence-electron chi connectivity index (χ4n) is 0.890. The van der Waals surface area contributed by atoms with Crippen LogP contribution < -0.4 is 10.6 Å². The van der Waals surface area contributed by atoms with Gasteiger partial charge in [-0.1, -0.05) is 5.57 Å². The summed E-state index contributed by atoms with van der Waals surface area (Å²) in [7, 11) is 0. The first-order valence-corrected chi connectivity index (χ1v) is 4.66. The predicted molar refractivity (Wildman–Crippen MR) is 55.8 cm³/mol. The summed E-state index contributed by atoms with van der Waals surface area (Å²) in [5, 5.41) is 3.81. The van der Waals surface area contributed by atoms with Gasteiger partial charge in [0.05, 0.1) is 5.57 Å². The van der Waals surface area contributed by atoms with Crippen molar-refractivity contribution in [1.29, 1.82) is 0 Å². The maximum absolute atomic E-state index is 11.9. The van der Waals surface area contributed by atoms with Crippen LogP contribution in [0.2, 0.25) is 0 Å². The number of rotatable bonds is 5. The Bertz CT molecular complexity index is 342. The summed E-state index contributed by atoms with van der Waals surface area (Å²) in [6.07, 6.45) is -1.76. The van der Waals surface area contributed by atoms with Crippen molar-refractivity contribution in [2.45, 2.75) is 20.0 Å². The van der Waals surface area contributed by atoms with Gasteiger partial charge in [-0.25, -0.2) is 0 Å². The van der Waals surface area contributed by atoms with Crippen LogP contribution in [0.4, 0.5) is 13.2 Å². The van der Waals surface area contributed by atoms with Gasteiger partial charge in [-0.2, -0.15) is 13.2 Å². The molecule has 0 unspecified atom stereocenters. The molecule has 0 fully saturated rings. The van der Waals surface area contributed by atoms with Crippen molar-refractivity contribution in [1.82, 2.24) is 10.6 Å². The average molecular weight is 250 g/mol. The zero-order chi connectivity index (χ0) is 13.5. The van der Waals surface area contributed by atoms with Crippen molar-refractivity contribution in [3.05, 3.63) is 23.4 Å². The number of allylic oxidation sites excluding steroid dienone is 1. The minimum absolute atomic E-state index is 0.0543. The molecule has 96 valence electrons. The molecule has 0 rings (SSSR count). The standard InChI is InChI=1S/C10H13F3N2O2/c1-7(2)3-8(4-14-6-16)9(17)15-5-10(11,12)13/h3-4,6H,5H2,1-2H3,(H,14,16)(H,15,17)/b8-4+. The van der Waals surface area contributed by atoms with Gasteiger partial charge in [0.15, 0.2) is 0 Å². The molecule has 0 aliphatic heterocycles. The van der Waals surface area contributed by atoms with Gasteiger partial charge in [0.1, 0.15) is 6.54 Å². The number of hydrogen-bond acceptors (Lipinski definition) is 2. The lowest BCUT2D eigenvalue weighted by Gasteiger charge is -2.09. The van der Waals surface area contributed by atoms with Crippen LogP contribution in [0.3, 0.4) is 0 Å². The minimum Gasteiger partial charge on any atom is -0.343 e. The second-order valence-corrected chi connectivity index (χ2v) is 3.40. The lowest BCUT2D eigenvalue weighted by atomic mass is 10.2. The van der Waals surface area contributed by atoms with Crippen molar-refractivity contribution in [3.8, 4) is 0 Å². The quantitative estimate of drug-likeness (QED) is 0.438. The Morgan fingerprint density at radius 3 is 2.29 bits per heavy atom. The molecule has 0 radical (unpaired) electrons. The summed E-state index contributed by atoms with van der Waals surface area (Å²) >= 11 is 0. The number of carbonyl (C=O) groups is 2. The lowest BCUT2D eigenvalue weighted by Crippen LogP contribution is -2.34. The molecule has 0 bridgehead atoms. The van der Waals surface area contributed by atoms with Crippen molar-refractivity contribution in [3.63, 3.8) is 0 Å². The molecule has 0 heterocycles. The van der Waals surface area contributed by atoms with E-state index in [1.54, 1.807) is 19.2 Å². The van der Waals surface area contributed by atoms with Crippen molar-refractivity contribution in [2.75, 3.05) is 6.54 Å². The number of carbonyl (C=O) groups excluding carboxylic acids is 2. The second-order valence-electron chi connectivity index (χ2n) is 3.40. The molecular weight excluding hydrogens is 237 g/mol. The second kappa shape index (κ2) is 6.72. The molecule has 0 aliphatic rings. The van der Waals surface area contributed by atoms with Crippen LogP contribution in [-0.2, 0) is 9.59 Å². The average Bonchev–Trinajstić information content (AvgIpc) is 2.19. The van der Waals surface area contributed by atoms with E-state index in [9.17, 15) is 22.8 Å². The van der Waals surface area contributed by atoms with E-state index in [4.69, 9.17) is 0 Å². The van der Waals surface area contributed by atoms with E-state index in [-0.39, 0.29) is 5.57 Å². The highest BCUT2D eigenvalue weighted by atomic mass is 19.4. The highest BCUT2D eigenvalue weighted by Crippen LogP contribution is 2.12. The van der Waals surface area contributed by atoms with E-state index < -0.39 is 18.6 Å². The van der Waals surface area contributed by atoms with Crippen LogP contribution in [-0.4, -0.2) is 25.0 Å². The number of amides is 2. The molecule has 2 amide bonds. The molecule has 0 aromatic rings. The van der Waals surface area contributed by atoms with Crippen LogP contribution in [0.5, 0.6) is 0 Å². The third-order valence-corrected chi connectivity index (χ3v) is 1.46. The Morgan fingerprint density at radius 2 is 1.88 bits per heavy atom. The molecule has 0 aliphatic carbocycles. The predicted octanol–water partition coefficient (Wildman–Crippen LogP) is 1.26. The molecule has 17 heavy (non-hydrogen) atoms. The minimum atomic E-state index is -4.47. The lowest BCUT2D eigenvalue weighted by molar-refractivity contribution is -0.136. The summed E-state index contributed by atoms with van der Waals surface area (Å²) in [5.74, 6) is -0.905. The van der Waals surface area contributed by atoms with Gasteiger partial charge >= 0.3 is 6.18 Å². The number of hydrogen-bond donors (Lipinski definition) is 2. The maximum atomic E-state index is 11.9. The van der Waals surface area contributed by atoms with Gasteiger partial charge in [0.25, 0.3) is 5.91 Å². The Hall–Kier alpha value is -1.79. The van der Waals surface area contributed by atoms with Gasteiger partial charge in [-0.05, 0) is 19.9 Å². The third kappa shape index (κ3) is 8.06. The molecule has 4 nitrogen and oxygen atoms in total. The molecule has 0 spiro atoms. The van der Waals surface area contributed by atoms with Crippen LogP contribution in [0.25, 0.3) is 0 Å². The first-order valence-electron chi connectivity index (χ1n) is 4.66. The summed E-state index contributed by atoms with van der Waals surface area (Å²) in [5.41, 5.74) is 0.660. The Kier molecular flexibility index (Phi) is 6.01. The van der Waals surface area contributed by atoms with Gasteiger partial charge < -0.3 is 10.6 Å². The first-order chi connectivity index (χ1) is 7.76. The molecule has 0 atom stereocenters. The summed E-state index contributed by atoms with van der Waals surface area (Å²) in [6.45, 7) is 1.93. The van der Waals surface area contributed by atoms with Crippen molar-refractivity contribution < 1.29 is 22.8 Å². The van der Waals surface area contributed by atoms with E-state index in [1.165, 1.54) is 6.08 Å². The first kappa shape index (κ1) is 15.2. The van der Waals surface area contributed by atoms with Crippen LogP contribution in [0, 0.1) is 0 Å². The molecule has 0 saturated carbocycles. The number of alkyl halides is 3. The number of halogens is 3. The molecule has 0 aromatic carbocycles. The molecular formula is C10H13F3N2O2. The van der Waals surface area contributed by atoms with E-state index >= 15 is 0 Å². The van der Waals surface area contributed by atoms with Gasteiger partial charge in [0, 0.05) is 6.20 Å². The monoisotopic (exact) mass is 250 g/mol. The van der Waals surface area contributed by atoms with E-state index in [0.717, 1.165) is 6.20 Å². The molecule has 0 saturated heterocycles. The SMILES string of the molecule is CC(C)=C/C(=C\NC=O)C(=O)NCC(F)(F)F. The van der Waals surface area contributed by atoms with Crippen LogP contribution >= 0.6 is 0 Å². The Morgan fingerprint density at radius 1 is 1.29 bits per heavy atom. The van der Waals surface area contributed by atoms with Crippen molar-refractivity contribution in [2.24, 2.45) is 0 Å². The van der Waals surface area contributed by atoms with E-state index in [0.29, 0.717) is 12.0 Å². The Labute approximate surface area is 96.6 Å². The van der Waals surface area contributed by atoms with Crippen molar-refractivity contribution >= 4 is 12.3 Å². The fraction of sp³-hybridized carbons (Fsp3) is 0.400. The molecule has 2 N–H and O–H groups in total. The fourth-order valence-corrected chi connectivity index (χ4v) is 0.890. The zero-order valence-electron chi connectivity index (χ0n) is 9.39. The van der Waals surface area contributed by atoms with Crippen LogP contribution in [0.1, 0.15) is 13.8 Å². The smallest absolute Gasteiger partial charge is 0.343 e. The van der Waals surface area contributed by atoms with Gasteiger partial charge in [-0.15, -0.1) is 0 Å². The largest absolute Gasteiger partial charge is 0.405 e. The summed E-state index contributed by atoms with van der Waals surface area (Å²) < 4.78 is 35.6. The normalized spacial score (nSPS) is 11.7. The summed E-state index contributed by atoms with van der Waals surface area (Å²) in [6, 6.07) is 0. The van der Waals surface area contributed by atoms with Crippen LogP contribution in [0.15, 0.2) is 23.4 Å². The van der Waals surface area contributed by atoms with Gasteiger partial charge in [-0.3, -0.25) is 9.59 Å². The topological polar surface area (TPSA) is 58.2 Å². The molecule has 7 heteroatoms. The highest BCUT2D eigenvalue weighted by Gasteiger charge is 2.28. The maximum Gasteiger partial charge on any atom is 0.405 e.